The van der Waals surface area contributed by atoms with Gasteiger partial charge in [0.2, 0.25) is 0 Å². The van der Waals surface area contributed by atoms with Crippen molar-refractivity contribution >= 4 is 0 Å². The van der Waals surface area contributed by atoms with Crippen molar-refractivity contribution in [3.05, 3.63) is 42.5 Å². The number of nitrogens with one attached hydrogen (secondary N) is 1. The highest BCUT2D eigenvalue weighted by Gasteiger charge is 2.05. The topological polar surface area (TPSA) is 44.7 Å². The lowest BCUT2D eigenvalue weighted by Gasteiger charge is -2.20. The Hall–Kier alpha value is -1.36. The smallest absolute Gasteiger partial charge is 0.123 e. The molecule has 4 heteroatoms. The highest BCUT2D eigenvalue weighted by atomic mass is 16.5. The van der Waals surface area contributed by atoms with Crippen LogP contribution in [0.25, 0.3) is 0 Å². The first-order valence-corrected chi connectivity index (χ1v) is 7.67. The molecule has 0 aliphatic carbocycles. The van der Waals surface area contributed by atoms with Gasteiger partial charge in [-0.05, 0) is 19.0 Å². The van der Waals surface area contributed by atoms with Crippen LogP contribution in [0, 0.1) is 0 Å². The molecule has 118 valence electrons. The van der Waals surface area contributed by atoms with Crippen LogP contribution in [0.5, 0.6) is 5.75 Å². The summed E-state index contributed by atoms with van der Waals surface area (Å²) in [5.41, 5.74) is 1.18. The van der Waals surface area contributed by atoms with Crippen LogP contribution in [0.4, 0.5) is 0 Å². The molecule has 2 N–H and O–H groups in total. The van der Waals surface area contributed by atoms with E-state index in [1.807, 2.05) is 24.3 Å². The van der Waals surface area contributed by atoms with Crippen LogP contribution in [-0.4, -0.2) is 49.4 Å². The number of aliphatic hydroxyl groups excluding tert-OH is 1. The minimum absolute atomic E-state index is 0.158. The van der Waals surface area contributed by atoms with Crippen molar-refractivity contribution in [2.24, 2.45) is 0 Å². The molecule has 1 rings (SSSR count). The lowest BCUT2D eigenvalue weighted by Crippen LogP contribution is -2.31. The molecule has 0 fully saturated rings. The van der Waals surface area contributed by atoms with Crippen LogP contribution >= 0.6 is 0 Å². The van der Waals surface area contributed by atoms with Crippen molar-refractivity contribution in [1.29, 1.82) is 0 Å². The van der Waals surface area contributed by atoms with Crippen molar-refractivity contribution < 1.29 is 9.84 Å². The molecule has 21 heavy (non-hydrogen) atoms. The standard InChI is InChI=1S/C17H28N2O2/c1-3-9-18-15-16-7-5-6-8-17(16)21-14-12-19(10-4-2)11-13-20/h4-8,18,20H,2-3,9-15H2,1H3. The van der Waals surface area contributed by atoms with Gasteiger partial charge in [-0.15, -0.1) is 6.58 Å². The van der Waals surface area contributed by atoms with E-state index in [1.54, 1.807) is 0 Å². The van der Waals surface area contributed by atoms with Gasteiger partial charge in [0, 0.05) is 31.7 Å². The predicted molar refractivity (Wildman–Crippen MR) is 87.7 cm³/mol. The second-order valence-corrected chi connectivity index (χ2v) is 4.95. The van der Waals surface area contributed by atoms with Gasteiger partial charge < -0.3 is 15.2 Å². The Morgan fingerprint density at radius 1 is 1.33 bits per heavy atom. The summed E-state index contributed by atoms with van der Waals surface area (Å²) in [4.78, 5) is 2.12. The first kappa shape index (κ1) is 17.7. The summed E-state index contributed by atoms with van der Waals surface area (Å²) in [5.74, 6) is 0.934. The van der Waals surface area contributed by atoms with Crippen LogP contribution in [0.15, 0.2) is 36.9 Å². The Morgan fingerprint density at radius 2 is 2.14 bits per heavy atom. The molecule has 0 saturated heterocycles. The quantitative estimate of drug-likeness (QED) is 0.457. The van der Waals surface area contributed by atoms with Crippen molar-refractivity contribution in [1.82, 2.24) is 10.2 Å². The molecular weight excluding hydrogens is 264 g/mol. The van der Waals surface area contributed by atoms with E-state index < -0.39 is 0 Å². The summed E-state index contributed by atoms with van der Waals surface area (Å²) in [6, 6.07) is 8.12. The van der Waals surface area contributed by atoms with Crippen LogP contribution in [0.1, 0.15) is 18.9 Å². The van der Waals surface area contributed by atoms with E-state index in [1.165, 1.54) is 5.56 Å². The third-order valence-electron chi connectivity index (χ3n) is 3.18. The molecular formula is C17H28N2O2. The Balaban J connectivity index is 2.44. The second-order valence-electron chi connectivity index (χ2n) is 4.95. The van der Waals surface area contributed by atoms with Crippen molar-refractivity contribution in [3.8, 4) is 5.75 Å². The van der Waals surface area contributed by atoms with Gasteiger partial charge in [0.15, 0.2) is 0 Å². The summed E-state index contributed by atoms with van der Waals surface area (Å²) >= 11 is 0. The van der Waals surface area contributed by atoms with Gasteiger partial charge in [0.1, 0.15) is 12.4 Å². The summed E-state index contributed by atoms with van der Waals surface area (Å²) in [6.07, 6.45) is 2.97. The van der Waals surface area contributed by atoms with Gasteiger partial charge in [-0.3, -0.25) is 4.90 Å². The zero-order chi connectivity index (χ0) is 15.3. The molecule has 0 heterocycles. The zero-order valence-corrected chi connectivity index (χ0v) is 13.1. The lowest BCUT2D eigenvalue weighted by atomic mass is 10.2. The van der Waals surface area contributed by atoms with E-state index >= 15 is 0 Å². The van der Waals surface area contributed by atoms with E-state index in [2.05, 4.69) is 29.8 Å². The maximum Gasteiger partial charge on any atom is 0.123 e. The van der Waals surface area contributed by atoms with Crippen LogP contribution < -0.4 is 10.1 Å². The number of ether oxygens (including phenoxy) is 1. The van der Waals surface area contributed by atoms with Crippen molar-refractivity contribution in [2.45, 2.75) is 19.9 Å². The van der Waals surface area contributed by atoms with E-state index in [9.17, 15) is 0 Å². The maximum absolute atomic E-state index is 9.02. The average Bonchev–Trinajstić information content (AvgIpc) is 2.49. The number of aliphatic hydroxyl groups is 1. The number of nitrogens with zero attached hydrogens (tertiary/aromatic N) is 1. The number of hydrogen-bond donors (Lipinski definition) is 2. The van der Waals surface area contributed by atoms with Gasteiger partial charge in [0.25, 0.3) is 0 Å². The van der Waals surface area contributed by atoms with Gasteiger partial charge in [0.05, 0.1) is 6.61 Å². The van der Waals surface area contributed by atoms with Gasteiger partial charge in [-0.2, -0.15) is 0 Å². The van der Waals surface area contributed by atoms with Crippen molar-refractivity contribution in [2.75, 3.05) is 39.4 Å². The lowest BCUT2D eigenvalue weighted by molar-refractivity contribution is 0.179. The van der Waals surface area contributed by atoms with Gasteiger partial charge in [-0.1, -0.05) is 31.2 Å². The van der Waals surface area contributed by atoms with E-state index in [-0.39, 0.29) is 6.61 Å². The van der Waals surface area contributed by atoms with Crippen molar-refractivity contribution in [3.63, 3.8) is 0 Å². The fourth-order valence-corrected chi connectivity index (χ4v) is 2.09. The Morgan fingerprint density at radius 3 is 2.86 bits per heavy atom. The largest absolute Gasteiger partial charge is 0.492 e. The minimum Gasteiger partial charge on any atom is -0.492 e. The zero-order valence-electron chi connectivity index (χ0n) is 13.1. The molecule has 1 aromatic rings. The monoisotopic (exact) mass is 292 g/mol. The van der Waals surface area contributed by atoms with E-state index in [0.29, 0.717) is 13.2 Å². The molecule has 0 bridgehead atoms. The Kier molecular flexibility index (Phi) is 9.53. The molecule has 4 nitrogen and oxygen atoms in total. The number of hydrogen-bond acceptors (Lipinski definition) is 4. The number of benzene rings is 1. The fourth-order valence-electron chi connectivity index (χ4n) is 2.09. The van der Waals surface area contributed by atoms with Crippen LogP contribution in [-0.2, 0) is 6.54 Å². The molecule has 0 spiro atoms. The molecule has 0 atom stereocenters. The third kappa shape index (κ3) is 7.27. The first-order valence-electron chi connectivity index (χ1n) is 7.67. The molecule has 0 aliphatic rings. The Labute approximate surface area is 128 Å². The molecule has 1 aromatic carbocycles. The van der Waals surface area contributed by atoms with Gasteiger partial charge >= 0.3 is 0 Å². The summed E-state index contributed by atoms with van der Waals surface area (Å²) in [6.45, 7) is 10.7. The fraction of sp³-hybridized carbons (Fsp3) is 0.529. The van der Waals surface area contributed by atoms with Crippen LogP contribution in [0.2, 0.25) is 0 Å². The summed E-state index contributed by atoms with van der Waals surface area (Å²) in [7, 11) is 0. The number of para-hydroxylation sites is 1. The second kappa shape index (κ2) is 11.3. The van der Waals surface area contributed by atoms with E-state index in [4.69, 9.17) is 9.84 Å². The van der Waals surface area contributed by atoms with Gasteiger partial charge in [-0.25, -0.2) is 0 Å². The SMILES string of the molecule is C=CCN(CCO)CCOc1ccccc1CNCCC. The minimum atomic E-state index is 0.158. The molecule has 0 radical (unpaired) electrons. The predicted octanol–water partition coefficient (Wildman–Crippen LogP) is 2.05. The molecule has 0 aromatic heterocycles. The molecule has 0 amide bonds. The Bertz CT molecular complexity index is 396. The highest BCUT2D eigenvalue weighted by molar-refractivity contribution is 5.33. The van der Waals surface area contributed by atoms with E-state index in [0.717, 1.165) is 38.3 Å². The first-order chi connectivity index (χ1) is 10.3. The molecule has 0 saturated carbocycles. The molecule has 0 aliphatic heterocycles. The highest BCUT2D eigenvalue weighted by Crippen LogP contribution is 2.17. The van der Waals surface area contributed by atoms with Crippen LogP contribution in [0.3, 0.4) is 0 Å². The molecule has 0 unspecified atom stereocenters. The third-order valence-corrected chi connectivity index (χ3v) is 3.18. The average molecular weight is 292 g/mol. The maximum atomic E-state index is 9.02. The number of rotatable bonds is 12. The normalized spacial score (nSPS) is 10.8. The summed E-state index contributed by atoms with van der Waals surface area (Å²) in [5, 5.41) is 12.4. The summed E-state index contributed by atoms with van der Waals surface area (Å²) < 4.78 is 5.89.